The molecule has 2 atom stereocenters. The summed E-state index contributed by atoms with van der Waals surface area (Å²) in [7, 11) is 0. The SMILES string of the molecule is CC(=O)SCC(O)C(O)c1ccc2ncnc(Cl)c2c1. The molecule has 1 aromatic heterocycles. The second-order valence-corrected chi connectivity index (χ2v) is 5.81. The van der Waals surface area contributed by atoms with Crippen molar-refractivity contribution >= 4 is 39.4 Å². The molecule has 106 valence electrons. The van der Waals surface area contributed by atoms with Gasteiger partial charge in [-0.15, -0.1) is 0 Å². The van der Waals surface area contributed by atoms with E-state index in [1.54, 1.807) is 18.2 Å². The maximum Gasteiger partial charge on any atom is 0.185 e. The first kappa shape index (κ1) is 15.2. The molecular weight excluding hydrogens is 300 g/mol. The zero-order valence-electron chi connectivity index (χ0n) is 10.7. The molecule has 7 heteroatoms. The van der Waals surface area contributed by atoms with Gasteiger partial charge in [-0.05, 0) is 17.7 Å². The van der Waals surface area contributed by atoms with Crippen molar-refractivity contribution < 1.29 is 15.0 Å². The Balaban J connectivity index is 2.23. The van der Waals surface area contributed by atoms with E-state index in [-0.39, 0.29) is 16.0 Å². The number of hydrogen-bond donors (Lipinski definition) is 2. The van der Waals surface area contributed by atoms with Crippen LogP contribution in [0.5, 0.6) is 0 Å². The normalized spacial score (nSPS) is 14.2. The van der Waals surface area contributed by atoms with Gasteiger partial charge in [0.1, 0.15) is 17.6 Å². The van der Waals surface area contributed by atoms with Crippen LogP contribution < -0.4 is 0 Å². The van der Waals surface area contributed by atoms with Crippen molar-refractivity contribution in [2.45, 2.75) is 19.1 Å². The molecule has 20 heavy (non-hydrogen) atoms. The molecule has 2 unspecified atom stereocenters. The number of carbonyl (C=O) groups excluding carboxylic acids is 1. The summed E-state index contributed by atoms with van der Waals surface area (Å²) >= 11 is 6.94. The Kier molecular flexibility index (Phi) is 4.93. The van der Waals surface area contributed by atoms with Crippen LogP contribution in [-0.2, 0) is 4.79 Å². The van der Waals surface area contributed by atoms with Gasteiger partial charge in [0.05, 0.1) is 11.6 Å². The topological polar surface area (TPSA) is 83.3 Å². The molecule has 0 aliphatic carbocycles. The van der Waals surface area contributed by atoms with Crippen LogP contribution in [0.25, 0.3) is 10.9 Å². The number of carbonyl (C=O) groups is 1. The minimum atomic E-state index is -1.09. The fourth-order valence-corrected chi connectivity index (χ4v) is 2.53. The lowest BCUT2D eigenvalue weighted by Crippen LogP contribution is -2.21. The Hall–Kier alpha value is -1.21. The molecule has 0 aliphatic heterocycles. The van der Waals surface area contributed by atoms with Crippen LogP contribution in [-0.4, -0.2) is 37.2 Å². The van der Waals surface area contributed by atoms with Gasteiger partial charge in [-0.25, -0.2) is 9.97 Å². The monoisotopic (exact) mass is 312 g/mol. The number of aromatic nitrogens is 2. The summed E-state index contributed by atoms with van der Waals surface area (Å²) in [5.74, 6) is 0.132. The smallest absolute Gasteiger partial charge is 0.185 e. The number of hydrogen-bond acceptors (Lipinski definition) is 6. The molecule has 0 radical (unpaired) electrons. The molecule has 0 fully saturated rings. The van der Waals surface area contributed by atoms with E-state index < -0.39 is 12.2 Å². The second kappa shape index (κ2) is 6.49. The van der Waals surface area contributed by atoms with Crippen LogP contribution >= 0.6 is 23.4 Å². The van der Waals surface area contributed by atoms with Gasteiger partial charge in [-0.3, -0.25) is 4.79 Å². The van der Waals surface area contributed by atoms with E-state index in [9.17, 15) is 15.0 Å². The van der Waals surface area contributed by atoms with Crippen molar-refractivity contribution in [1.82, 2.24) is 9.97 Å². The highest BCUT2D eigenvalue weighted by atomic mass is 35.5. The summed E-state index contributed by atoms with van der Waals surface area (Å²) in [6.45, 7) is 1.41. The molecule has 1 heterocycles. The summed E-state index contributed by atoms with van der Waals surface area (Å²) in [5, 5.41) is 20.8. The zero-order valence-corrected chi connectivity index (χ0v) is 12.2. The van der Waals surface area contributed by atoms with Crippen LogP contribution in [0.15, 0.2) is 24.5 Å². The van der Waals surface area contributed by atoms with Crippen LogP contribution in [0.2, 0.25) is 5.15 Å². The molecule has 0 amide bonds. The Morgan fingerprint density at radius 3 is 2.85 bits per heavy atom. The molecule has 2 N–H and O–H groups in total. The first-order chi connectivity index (χ1) is 9.49. The average molecular weight is 313 g/mol. The summed E-state index contributed by atoms with van der Waals surface area (Å²) < 4.78 is 0. The van der Waals surface area contributed by atoms with Crippen LogP contribution in [0.4, 0.5) is 0 Å². The second-order valence-electron chi connectivity index (χ2n) is 4.26. The maximum absolute atomic E-state index is 10.9. The van der Waals surface area contributed by atoms with Gasteiger partial charge in [0.25, 0.3) is 0 Å². The molecule has 2 aromatic rings. The number of rotatable bonds is 4. The number of fused-ring (bicyclic) bond motifs is 1. The molecule has 0 bridgehead atoms. The van der Waals surface area contributed by atoms with Crippen LogP contribution in [0.3, 0.4) is 0 Å². The van der Waals surface area contributed by atoms with Gasteiger partial charge in [0.2, 0.25) is 0 Å². The fraction of sp³-hybridized carbons (Fsp3) is 0.308. The van der Waals surface area contributed by atoms with Gasteiger partial charge in [0.15, 0.2) is 5.12 Å². The Labute approximate surface area is 125 Å². The Morgan fingerprint density at radius 2 is 2.15 bits per heavy atom. The van der Waals surface area contributed by atoms with Gasteiger partial charge < -0.3 is 10.2 Å². The van der Waals surface area contributed by atoms with Gasteiger partial charge >= 0.3 is 0 Å². The van der Waals surface area contributed by atoms with E-state index in [2.05, 4.69) is 9.97 Å². The number of aliphatic hydroxyl groups excluding tert-OH is 2. The van der Waals surface area contributed by atoms with Crippen molar-refractivity contribution in [3.63, 3.8) is 0 Å². The molecule has 0 aliphatic rings. The highest BCUT2D eigenvalue weighted by Crippen LogP contribution is 2.26. The standard InChI is InChI=1S/C13H13ClN2O3S/c1-7(17)20-5-11(18)12(19)8-2-3-10-9(4-8)13(14)16-6-15-10/h2-4,6,11-12,18-19H,5H2,1H3. The number of thioether (sulfide) groups is 1. The van der Waals surface area contributed by atoms with E-state index in [1.807, 2.05) is 0 Å². The number of benzene rings is 1. The Morgan fingerprint density at radius 1 is 1.40 bits per heavy atom. The molecule has 0 saturated carbocycles. The lowest BCUT2D eigenvalue weighted by atomic mass is 10.0. The van der Waals surface area contributed by atoms with Crippen molar-refractivity contribution in [2.75, 3.05) is 5.75 Å². The fourth-order valence-electron chi connectivity index (χ4n) is 1.74. The average Bonchev–Trinajstić information content (AvgIpc) is 2.44. The first-order valence-electron chi connectivity index (χ1n) is 5.88. The van der Waals surface area contributed by atoms with Crippen molar-refractivity contribution in [3.8, 4) is 0 Å². The predicted molar refractivity (Wildman–Crippen MR) is 78.7 cm³/mol. The summed E-state index contributed by atoms with van der Waals surface area (Å²) in [6.07, 6.45) is -0.772. The van der Waals surface area contributed by atoms with Crippen LogP contribution in [0, 0.1) is 0 Å². The van der Waals surface area contributed by atoms with E-state index in [1.165, 1.54) is 13.3 Å². The van der Waals surface area contributed by atoms with Gasteiger partial charge in [0, 0.05) is 18.1 Å². The molecular formula is C13H13ClN2O3S. The summed E-state index contributed by atoms with van der Waals surface area (Å²) in [5.41, 5.74) is 1.17. The predicted octanol–water partition coefficient (Wildman–Crippen LogP) is 1.96. The first-order valence-corrected chi connectivity index (χ1v) is 7.25. The highest BCUT2D eigenvalue weighted by molar-refractivity contribution is 8.13. The molecule has 1 aromatic carbocycles. The summed E-state index contributed by atoms with van der Waals surface area (Å²) in [6, 6.07) is 5.01. The van der Waals surface area contributed by atoms with Gasteiger partial charge in [-0.2, -0.15) is 0 Å². The molecule has 0 saturated heterocycles. The van der Waals surface area contributed by atoms with E-state index in [4.69, 9.17) is 11.6 Å². The maximum atomic E-state index is 10.9. The minimum Gasteiger partial charge on any atom is -0.389 e. The quantitative estimate of drug-likeness (QED) is 0.840. The van der Waals surface area contributed by atoms with Gasteiger partial charge in [-0.1, -0.05) is 29.4 Å². The highest BCUT2D eigenvalue weighted by Gasteiger charge is 2.20. The Bertz CT molecular complexity index is 638. The summed E-state index contributed by atoms with van der Waals surface area (Å²) in [4.78, 5) is 18.8. The number of aliphatic hydroxyl groups is 2. The van der Waals surface area contributed by atoms with E-state index >= 15 is 0 Å². The zero-order chi connectivity index (χ0) is 14.7. The van der Waals surface area contributed by atoms with Crippen molar-refractivity contribution in [3.05, 3.63) is 35.2 Å². The number of nitrogens with zero attached hydrogens (tertiary/aromatic N) is 2. The third-order valence-corrected chi connectivity index (χ3v) is 3.99. The van der Waals surface area contributed by atoms with E-state index in [0.717, 1.165) is 11.8 Å². The lowest BCUT2D eigenvalue weighted by molar-refractivity contribution is -0.109. The molecule has 5 nitrogen and oxygen atoms in total. The van der Waals surface area contributed by atoms with Crippen molar-refractivity contribution in [1.29, 1.82) is 0 Å². The van der Waals surface area contributed by atoms with Crippen molar-refractivity contribution in [2.24, 2.45) is 0 Å². The van der Waals surface area contributed by atoms with Crippen LogP contribution in [0.1, 0.15) is 18.6 Å². The minimum absolute atomic E-state index is 0.105. The largest absolute Gasteiger partial charge is 0.389 e. The molecule has 0 spiro atoms. The lowest BCUT2D eigenvalue weighted by Gasteiger charge is -2.17. The number of halogens is 1. The molecule has 2 rings (SSSR count). The third-order valence-electron chi connectivity index (χ3n) is 2.77. The third kappa shape index (κ3) is 3.46. The van der Waals surface area contributed by atoms with E-state index in [0.29, 0.717) is 16.5 Å².